The van der Waals surface area contributed by atoms with E-state index in [9.17, 15) is 0 Å². The van der Waals surface area contributed by atoms with Crippen molar-refractivity contribution in [2.24, 2.45) is 0 Å². The number of aromatic nitrogens is 1. The number of nitrogens with zero attached hydrogens (tertiary/aromatic N) is 2. The minimum atomic E-state index is 0.136. The van der Waals surface area contributed by atoms with Crippen LogP contribution >= 0.6 is 0 Å². The molecule has 0 saturated carbocycles. The van der Waals surface area contributed by atoms with Gasteiger partial charge >= 0.3 is 0 Å². The molecule has 3 aromatic rings. The highest BCUT2D eigenvalue weighted by atomic mass is 16.5. The van der Waals surface area contributed by atoms with Crippen LogP contribution in [0.5, 0.6) is 11.5 Å². The molecular formula is C25H32N2O3. The molecule has 5 nitrogen and oxygen atoms in total. The molecule has 5 heteroatoms. The Labute approximate surface area is 179 Å². The maximum absolute atomic E-state index is 5.73. The molecule has 30 heavy (non-hydrogen) atoms. The van der Waals surface area contributed by atoms with Gasteiger partial charge in [-0.3, -0.25) is 0 Å². The minimum absolute atomic E-state index is 0.136. The van der Waals surface area contributed by atoms with Gasteiger partial charge in [0.25, 0.3) is 0 Å². The Kier molecular flexibility index (Phi) is 6.83. The summed E-state index contributed by atoms with van der Waals surface area (Å²) in [7, 11) is 5.40. The summed E-state index contributed by atoms with van der Waals surface area (Å²) in [6, 6.07) is 14.5. The van der Waals surface area contributed by atoms with Crippen LogP contribution < -0.4 is 9.47 Å². The van der Waals surface area contributed by atoms with E-state index >= 15 is 0 Å². The van der Waals surface area contributed by atoms with E-state index in [1.807, 2.05) is 12.1 Å². The van der Waals surface area contributed by atoms with Gasteiger partial charge in [-0.25, -0.2) is 4.98 Å². The molecule has 0 radical (unpaired) electrons. The highest BCUT2D eigenvalue weighted by Gasteiger charge is 2.15. The number of oxazole rings is 1. The molecule has 1 heterocycles. The molecule has 0 atom stereocenters. The molecule has 160 valence electrons. The van der Waals surface area contributed by atoms with Crippen LogP contribution in [0.3, 0.4) is 0 Å². The topological polar surface area (TPSA) is 47.7 Å². The van der Waals surface area contributed by atoms with Gasteiger partial charge in [0.15, 0.2) is 11.5 Å². The van der Waals surface area contributed by atoms with E-state index in [1.54, 1.807) is 20.5 Å². The first-order valence-electron chi connectivity index (χ1n) is 10.2. The van der Waals surface area contributed by atoms with Gasteiger partial charge in [-0.2, -0.15) is 0 Å². The van der Waals surface area contributed by atoms with Crippen LogP contribution in [0.1, 0.15) is 37.6 Å². The third-order valence-electron chi connectivity index (χ3n) is 5.21. The van der Waals surface area contributed by atoms with E-state index in [0.717, 1.165) is 42.3 Å². The van der Waals surface area contributed by atoms with E-state index in [4.69, 9.17) is 13.9 Å². The molecule has 0 bridgehead atoms. The average Bonchev–Trinajstić information content (AvgIpc) is 3.19. The van der Waals surface area contributed by atoms with Gasteiger partial charge < -0.3 is 18.8 Å². The van der Waals surface area contributed by atoms with Gasteiger partial charge in [-0.05, 0) is 54.3 Å². The zero-order valence-corrected chi connectivity index (χ0v) is 18.9. The zero-order chi connectivity index (χ0) is 21.7. The summed E-state index contributed by atoms with van der Waals surface area (Å²) < 4.78 is 16.4. The highest BCUT2D eigenvalue weighted by Crippen LogP contribution is 2.28. The van der Waals surface area contributed by atoms with Crippen molar-refractivity contribution in [3.63, 3.8) is 0 Å². The highest BCUT2D eigenvalue weighted by molar-refractivity contribution is 5.54. The van der Waals surface area contributed by atoms with Gasteiger partial charge in [0.1, 0.15) is 6.26 Å². The van der Waals surface area contributed by atoms with Crippen LogP contribution in [0.2, 0.25) is 0 Å². The number of hydrogen-bond acceptors (Lipinski definition) is 5. The first-order valence-corrected chi connectivity index (χ1v) is 10.2. The van der Waals surface area contributed by atoms with Gasteiger partial charge in [-0.15, -0.1) is 0 Å². The van der Waals surface area contributed by atoms with Crippen LogP contribution in [0.15, 0.2) is 53.1 Å². The molecule has 2 aromatic carbocycles. The lowest BCUT2D eigenvalue weighted by Gasteiger charge is -2.18. The van der Waals surface area contributed by atoms with E-state index in [0.29, 0.717) is 5.89 Å². The Bertz CT molecular complexity index is 955. The van der Waals surface area contributed by atoms with Crippen LogP contribution in [-0.2, 0) is 18.4 Å². The Hall–Kier alpha value is -2.79. The molecule has 0 fully saturated rings. The summed E-state index contributed by atoms with van der Waals surface area (Å²) >= 11 is 0. The molecule has 0 spiro atoms. The number of rotatable bonds is 8. The Balaban J connectivity index is 1.58. The Morgan fingerprint density at radius 1 is 0.967 bits per heavy atom. The molecule has 3 rings (SSSR count). The summed E-state index contributed by atoms with van der Waals surface area (Å²) in [4.78, 5) is 6.91. The first kappa shape index (κ1) is 21.9. The fraction of sp³-hybridized carbons (Fsp3) is 0.400. The lowest BCUT2D eigenvalue weighted by Crippen LogP contribution is -2.21. The van der Waals surface area contributed by atoms with Gasteiger partial charge in [0.05, 0.1) is 19.9 Å². The van der Waals surface area contributed by atoms with E-state index < -0.39 is 0 Å². The second-order valence-corrected chi connectivity index (χ2v) is 8.65. The second kappa shape index (κ2) is 9.35. The number of likely N-dealkylation sites (N-methyl/N-ethyl adjacent to an activating group) is 1. The second-order valence-electron chi connectivity index (χ2n) is 8.65. The predicted molar refractivity (Wildman–Crippen MR) is 120 cm³/mol. The third kappa shape index (κ3) is 5.42. The van der Waals surface area contributed by atoms with Crippen LogP contribution in [0.4, 0.5) is 0 Å². The quantitative estimate of drug-likeness (QED) is 0.504. The van der Waals surface area contributed by atoms with Crippen LogP contribution in [-0.4, -0.2) is 37.7 Å². The van der Waals surface area contributed by atoms with E-state index in [1.165, 1.54) is 11.1 Å². The maximum atomic E-state index is 5.73. The molecule has 0 amide bonds. The monoisotopic (exact) mass is 408 g/mol. The summed E-state index contributed by atoms with van der Waals surface area (Å²) in [6.07, 6.45) is 2.66. The largest absolute Gasteiger partial charge is 0.493 e. The van der Waals surface area contributed by atoms with Crippen molar-refractivity contribution in [1.29, 1.82) is 0 Å². The molecule has 0 aliphatic heterocycles. The van der Waals surface area contributed by atoms with E-state index in [-0.39, 0.29) is 5.41 Å². The predicted octanol–water partition coefficient (Wildman–Crippen LogP) is 5.33. The van der Waals surface area contributed by atoms with Crippen molar-refractivity contribution in [2.45, 2.75) is 39.2 Å². The van der Waals surface area contributed by atoms with E-state index in [2.05, 4.69) is 68.0 Å². The lowest BCUT2D eigenvalue weighted by atomic mass is 9.87. The molecule has 0 N–H and O–H groups in total. The smallest absolute Gasteiger partial charge is 0.226 e. The van der Waals surface area contributed by atoms with Gasteiger partial charge in [0.2, 0.25) is 5.89 Å². The first-order chi connectivity index (χ1) is 14.3. The molecule has 1 aromatic heterocycles. The summed E-state index contributed by atoms with van der Waals surface area (Å²) in [5, 5.41) is 0. The number of benzene rings is 2. The minimum Gasteiger partial charge on any atom is -0.493 e. The molecular weight excluding hydrogens is 376 g/mol. The Morgan fingerprint density at radius 2 is 1.67 bits per heavy atom. The summed E-state index contributed by atoms with van der Waals surface area (Å²) in [5.74, 6) is 2.18. The van der Waals surface area contributed by atoms with Crippen molar-refractivity contribution >= 4 is 0 Å². The van der Waals surface area contributed by atoms with Gasteiger partial charge in [0, 0.05) is 18.7 Å². The standard InChI is InChI=1S/C25H32N2O3/c1-25(2,3)20-10-8-19(9-11-20)24-26-21(17-30-24)16-27(4)14-13-18-7-12-22(28-5)23(15-18)29-6/h7-12,15,17H,13-14,16H2,1-6H3. The number of hydrogen-bond donors (Lipinski definition) is 0. The molecule has 0 aliphatic carbocycles. The van der Waals surface area contributed by atoms with Crippen molar-refractivity contribution in [1.82, 2.24) is 9.88 Å². The number of methoxy groups -OCH3 is 2. The lowest BCUT2D eigenvalue weighted by molar-refractivity contribution is 0.325. The van der Waals surface area contributed by atoms with Crippen molar-refractivity contribution < 1.29 is 13.9 Å². The normalized spacial score (nSPS) is 11.7. The van der Waals surface area contributed by atoms with Gasteiger partial charge in [-0.1, -0.05) is 39.0 Å². The fourth-order valence-electron chi connectivity index (χ4n) is 3.34. The molecule has 0 saturated heterocycles. The SMILES string of the molecule is COc1ccc(CCN(C)Cc2coc(-c3ccc(C(C)(C)C)cc3)n2)cc1OC. The Morgan fingerprint density at radius 3 is 2.30 bits per heavy atom. The average molecular weight is 409 g/mol. The fourth-order valence-corrected chi connectivity index (χ4v) is 3.34. The molecule has 0 unspecified atom stereocenters. The number of ether oxygens (including phenoxy) is 2. The molecule has 0 aliphatic rings. The zero-order valence-electron chi connectivity index (χ0n) is 18.9. The maximum Gasteiger partial charge on any atom is 0.226 e. The van der Waals surface area contributed by atoms with Crippen molar-refractivity contribution in [2.75, 3.05) is 27.8 Å². The van der Waals surface area contributed by atoms with Crippen LogP contribution in [0, 0.1) is 0 Å². The van der Waals surface area contributed by atoms with Crippen molar-refractivity contribution in [3.05, 3.63) is 65.5 Å². The summed E-state index contributed by atoms with van der Waals surface area (Å²) in [6.45, 7) is 8.27. The third-order valence-corrected chi connectivity index (χ3v) is 5.21. The summed E-state index contributed by atoms with van der Waals surface area (Å²) in [5.41, 5.74) is 4.57. The van der Waals surface area contributed by atoms with Crippen molar-refractivity contribution in [3.8, 4) is 23.0 Å². The van der Waals surface area contributed by atoms with Crippen LogP contribution in [0.25, 0.3) is 11.5 Å².